The van der Waals surface area contributed by atoms with Crippen LogP contribution in [-0.4, -0.2) is 121 Å². The van der Waals surface area contributed by atoms with Gasteiger partial charge in [0, 0.05) is 6.42 Å². The van der Waals surface area contributed by atoms with E-state index in [1.165, 1.54) is 148 Å². The second-order valence-corrected chi connectivity index (χ2v) is 22.1. The van der Waals surface area contributed by atoms with Gasteiger partial charge in [-0.05, 0) is 38.5 Å². The van der Waals surface area contributed by atoms with Crippen LogP contribution in [0.5, 0.6) is 0 Å². The fraction of sp³-hybridized carbons (Fsp3) is 0.873. The number of phosphoric ester groups is 1. The standard InChI is InChI=1S/C55H105N2O11P/c1-6-8-10-12-14-16-18-20-22-24-25-27-29-31-33-35-37-39-41-43-51(59)56-48(49(58)42-40-38-36-34-32-30-28-26-23-21-19-17-15-13-11-9-7-2)46-65-55-54(62)53(61)52(60)50(68-55)47-67-69(63,64)66-45-44-57(3,4)5/h26,28,32,34,40,42,48-50,52-55,58,60-62H,6-25,27,29-31,33,35-39,41,43-47H2,1-5H3,(H-,56,59,63,64)/b28-26-,34-32-,42-40+/t48-,49+,50+,52-,53-,54+,55+/m0/s1. The van der Waals surface area contributed by atoms with Crippen molar-refractivity contribution in [3.8, 4) is 0 Å². The number of aliphatic hydroxyl groups excluding tert-OH is 4. The number of carbonyl (C=O) groups excluding carboxylic acids is 1. The third kappa shape index (κ3) is 37.9. The van der Waals surface area contributed by atoms with Gasteiger partial charge in [-0.1, -0.05) is 211 Å². The highest BCUT2D eigenvalue weighted by Gasteiger charge is 2.45. The van der Waals surface area contributed by atoms with Crippen molar-refractivity contribution in [2.45, 2.75) is 262 Å². The molecule has 1 heterocycles. The predicted molar refractivity (Wildman–Crippen MR) is 279 cm³/mol. The van der Waals surface area contributed by atoms with Crippen LogP contribution in [0, 0.1) is 0 Å². The minimum absolute atomic E-state index is 0.122. The molecule has 13 nitrogen and oxygen atoms in total. The number of allylic oxidation sites excluding steroid dienone is 5. The first kappa shape index (κ1) is 65.5. The Morgan fingerprint density at radius 3 is 1.61 bits per heavy atom. The molecule has 0 spiro atoms. The number of quaternary nitrogens is 1. The van der Waals surface area contributed by atoms with Gasteiger partial charge in [0.1, 0.15) is 37.6 Å². The number of aliphatic hydroxyl groups is 4. The van der Waals surface area contributed by atoms with Crippen molar-refractivity contribution < 1.29 is 57.7 Å². The van der Waals surface area contributed by atoms with Gasteiger partial charge in [-0.25, -0.2) is 0 Å². The number of ether oxygens (including phenoxy) is 2. The van der Waals surface area contributed by atoms with Gasteiger partial charge in [0.2, 0.25) is 5.91 Å². The van der Waals surface area contributed by atoms with Crippen molar-refractivity contribution in [2.75, 3.05) is 47.5 Å². The van der Waals surface area contributed by atoms with E-state index in [9.17, 15) is 34.7 Å². The number of rotatable bonds is 47. The fourth-order valence-electron chi connectivity index (χ4n) is 8.35. The van der Waals surface area contributed by atoms with Crippen molar-refractivity contribution in [1.82, 2.24) is 5.32 Å². The SMILES string of the molecule is CCCCCCCCCC/C=C\C/C=C\CC/C=C/[C@@H](O)[C@H](CO[C@@H]1O[C@H](COP(=O)([O-])OCC[N+](C)(C)C)[C@H](O)[C@H](O)[C@H]1O)NC(=O)CCCCCCCCCCCCCCCCCCCCC. The third-order valence-corrected chi connectivity index (χ3v) is 13.9. The molecule has 5 N–H and O–H groups in total. The van der Waals surface area contributed by atoms with Crippen molar-refractivity contribution in [3.63, 3.8) is 0 Å². The Labute approximate surface area is 421 Å². The summed E-state index contributed by atoms with van der Waals surface area (Å²) in [6, 6.07) is -0.929. The van der Waals surface area contributed by atoms with Crippen LogP contribution in [0.25, 0.3) is 0 Å². The lowest BCUT2D eigenvalue weighted by Gasteiger charge is -2.41. The zero-order chi connectivity index (χ0) is 50.9. The molecule has 1 fully saturated rings. The number of phosphoric acid groups is 1. The van der Waals surface area contributed by atoms with Gasteiger partial charge in [-0.3, -0.25) is 9.36 Å². The van der Waals surface area contributed by atoms with Gasteiger partial charge in [0.25, 0.3) is 7.82 Å². The molecule has 14 heteroatoms. The zero-order valence-corrected chi connectivity index (χ0v) is 45.4. The maximum absolute atomic E-state index is 13.2. The Hall–Kier alpha value is -1.48. The smallest absolute Gasteiger partial charge is 0.268 e. The summed E-state index contributed by atoms with van der Waals surface area (Å²) in [4.78, 5) is 25.6. The highest BCUT2D eigenvalue weighted by Crippen LogP contribution is 2.39. The van der Waals surface area contributed by atoms with Crippen LogP contribution in [-0.2, 0) is 27.9 Å². The molecule has 0 radical (unpaired) electrons. The van der Waals surface area contributed by atoms with Crippen molar-refractivity contribution in [2.24, 2.45) is 0 Å². The van der Waals surface area contributed by atoms with Crippen LogP contribution in [0.4, 0.5) is 0 Å². The van der Waals surface area contributed by atoms with E-state index in [0.717, 1.165) is 38.5 Å². The largest absolute Gasteiger partial charge is 0.756 e. The minimum Gasteiger partial charge on any atom is -0.756 e. The molecule has 1 aliphatic rings. The summed E-state index contributed by atoms with van der Waals surface area (Å²) in [6.07, 6.45) is 41.3. The number of nitrogens with one attached hydrogen (secondary N) is 1. The van der Waals surface area contributed by atoms with E-state index >= 15 is 0 Å². The summed E-state index contributed by atoms with van der Waals surface area (Å²) in [7, 11) is 0.858. The Morgan fingerprint density at radius 1 is 0.638 bits per heavy atom. The maximum Gasteiger partial charge on any atom is 0.268 e. The lowest BCUT2D eigenvalue weighted by atomic mass is 9.99. The van der Waals surface area contributed by atoms with E-state index in [2.05, 4.69) is 43.5 Å². The lowest BCUT2D eigenvalue weighted by molar-refractivity contribution is -0.870. The Morgan fingerprint density at radius 2 is 1.10 bits per heavy atom. The summed E-state index contributed by atoms with van der Waals surface area (Å²) in [5.41, 5.74) is 0. The summed E-state index contributed by atoms with van der Waals surface area (Å²) in [5.74, 6) is -0.246. The highest BCUT2D eigenvalue weighted by molar-refractivity contribution is 7.45. The van der Waals surface area contributed by atoms with Gasteiger partial charge in [-0.15, -0.1) is 0 Å². The number of hydrogen-bond donors (Lipinski definition) is 5. The maximum atomic E-state index is 13.2. The second-order valence-electron chi connectivity index (χ2n) is 20.7. The average Bonchev–Trinajstić information content (AvgIpc) is 3.30. The van der Waals surface area contributed by atoms with Gasteiger partial charge in [-0.2, -0.15) is 0 Å². The quantitative estimate of drug-likeness (QED) is 0.0169. The van der Waals surface area contributed by atoms with Crippen molar-refractivity contribution in [1.29, 1.82) is 0 Å². The van der Waals surface area contributed by atoms with Crippen LogP contribution >= 0.6 is 7.82 Å². The van der Waals surface area contributed by atoms with E-state index in [-0.39, 0.29) is 25.5 Å². The van der Waals surface area contributed by atoms with E-state index in [4.69, 9.17) is 18.5 Å². The highest BCUT2D eigenvalue weighted by atomic mass is 31.2. The number of nitrogens with zero attached hydrogens (tertiary/aromatic N) is 1. The monoisotopic (exact) mass is 1000 g/mol. The molecule has 406 valence electrons. The summed E-state index contributed by atoms with van der Waals surface area (Å²) in [5, 5.41) is 46.1. The molecule has 1 amide bonds. The number of likely N-dealkylation sites (N-methyl/N-ethyl adjacent to an activating group) is 1. The van der Waals surface area contributed by atoms with Crippen molar-refractivity contribution >= 4 is 13.7 Å². The topological polar surface area (TPSA) is 187 Å². The van der Waals surface area contributed by atoms with Crippen molar-refractivity contribution in [3.05, 3.63) is 36.5 Å². The fourth-order valence-corrected chi connectivity index (χ4v) is 9.06. The predicted octanol–water partition coefficient (Wildman–Crippen LogP) is 11.1. The average molecular weight is 1000 g/mol. The Kier molecular flexibility index (Phi) is 40.8. The van der Waals surface area contributed by atoms with Crippen LogP contribution in [0.2, 0.25) is 0 Å². The first-order valence-electron chi connectivity index (χ1n) is 27.9. The molecule has 0 aromatic heterocycles. The van der Waals surface area contributed by atoms with Crippen LogP contribution < -0.4 is 10.2 Å². The first-order chi connectivity index (χ1) is 33.2. The molecule has 0 aromatic rings. The van der Waals surface area contributed by atoms with Gasteiger partial charge in [0.05, 0.1) is 46.5 Å². The molecule has 69 heavy (non-hydrogen) atoms. The molecular formula is C55H105N2O11P. The van der Waals surface area contributed by atoms with Gasteiger partial charge >= 0.3 is 0 Å². The lowest BCUT2D eigenvalue weighted by Crippen LogP contribution is -2.60. The summed E-state index contributed by atoms with van der Waals surface area (Å²) in [6.45, 7) is 3.78. The van der Waals surface area contributed by atoms with Crippen LogP contribution in [0.3, 0.4) is 0 Å². The number of amides is 1. The molecule has 1 rings (SSSR count). The molecular weight excluding hydrogens is 896 g/mol. The second kappa shape index (κ2) is 43.0. The van der Waals surface area contributed by atoms with Crippen LogP contribution in [0.1, 0.15) is 219 Å². The number of carbonyl (C=O) groups is 1. The zero-order valence-electron chi connectivity index (χ0n) is 44.5. The van der Waals surface area contributed by atoms with E-state index < -0.39 is 57.3 Å². The Balaban J connectivity index is 2.60. The van der Waals surface area contributed by atoms with Gasteiger partial charge < -0.3 is 53.6 Å². The number of hydrogen-bond acceptors (Lipinski definition) is 11. The van der Waals surface area contributed by atoms with E-state index in [1.54, 1.807) is 6.08 Å². The molecule has 0 bridgehead atoms. The first-order valence-corrected chi connectivity index (χ1v) is 29.3. The van der Waals surface area contributed by atoms with E-state index in [0.29, 0.717) is 23.9 Å². The van der Waals surface area contributed by atoms with E-state index in [1.807, 2.05) is 27.2 Å². The molecule has 8 atom stereocenters. The molecule has 1 aliphatic heterocycles. The molecule has 0 aliphatic carbocycles. The third-order valence-electron chi connectivity index (χ3n) is 12.9. The molecule has 1 unspecified atom stereocenters. The summed E-state index contributed by atoms with van der Waals surface area (Å²) < 4.78 is 34.3. The molecule has 0 aromatic carbocycles. The normalized spacial score (nSPS) is 20.9. The number of unbranched alkanes of at least 4 members (excludes halogenated alkanes) is 27. The Bertz CT molecular complexity index is 1340. The van der Waals surface area contributed by atoms with Crippen LogP contribution in [0.15, 0.2) is 36.5 Å². The molecule has 1 saturated heterocycles. The van der Waals surface area contributed by atoms with Gasteiger partial charge in [0.15, 0.2) is 6.29 Å². The molecule has 0 saturated carbocycles. The minimum atomic E-state index is -4.78. The summed E-state index contributed by atoms with van der Waals surface area (Å²) >= 11 is 0.